The molecule has 0 bridgehead atoms. The Labute approximate surface area is 111 Å². The molecule has 3 nitrogen and oxygen atoms in total. The molecule has 1 rings (SSSR count). The standard InChI is InChI=1S/C12H18F3NO2Si/c1-11(2,3)19(4,5)9-7-6-8(18-9)10(16-17)12(13,14)15/h6-7,17H,1-5H3. The lowest BCUT2D eigenvalue weighted by molar-refractivity contribution is -0.0609. The lowest BCUT2D eigenvalue weighted by atomic mass is 10.2. The molecule has 0 saturated carbocycles. The number of alkyl halides is 3. The first-order valence-electron chi connectivity index (χ1n) is 5.81. The molecule has 19 heavy (non-hydrogen) atoms. The molecule has 1 aromatic rings. The highest BCUT2D eigenvalue weighted by Crippen LogP contribution is 2.36. The molecular weight excluding hydrogens is 275 g/mol. The van der Waals surface area contributed by atoms with Crippen molar-refractivity contribution in [1.29, 1.82) is 0 Å². The fourth-order valence-corrected chi connectivity index (χ4v) is 3.02. The molecule has 108 valence electrons. The molecule has 0 spiro atoms. The molecule has 1 aromatic heterocycles. The highest BCUT2D eigenvalue weighted by molar-refractivity contribution is 6.91. The number of rotatable bonds is 2. The highest BCUT2D eigenvalue weighted by Gasteiger charge is 2.43. The van der Waals surface area contributed by atoms with Crippen LogP contribution in [0, 0.1) is 0 Å². The maximum atomic E-state index is 12.6. The molecule has 0 fully saturated rings. The summed E-state index contributed by atoms with van der Waals surface area (Å²) in [6.45, 7) is 10.2. The minimum Gasteiger partial charge on any atom is -0.464 e. The van der Waals surface area contributed by atoms with Crippen LogP contribution in [-0.4, -0.2) is 25.2 Å². The van der Waals surface area contributed by atoms with Gasteiger partial charge in [-0.2, -0.15) is 13.2 Å². The van der Waals surface area contributed by atoms with Crippen LogP contribution in [0.5, 0.6) is 0 Å². The van der Waals surface area contributed by atoms with Crippen LogP contribution >= 0.6 is 0 Å². The quantitative estimate of drug-likeness (QED) is 0.391. The van der Waals surface area contributed by atoms with Crippen molar-refractivity contribution in [3.05, 3.63) is 17.9 Å². The first-order valence-corrected chi connectivity index (χ1v) is 8.81. The molecular formula is C12H18F3NO2Si. The molecule has 0 unspecified atom stereocenters. The Morgan fingerprint density at radius 2 is 1.74 bits per heavy atom. The highest BCUT2D eigenvalue weighted by atomic mass is 28.3. The Morgan fingerprint density at radius 1 is 1.21 bits per heavy atom. The topological polar surface area (TPSA) is 45.7 Å². The van der Waals surface area contributed by atoms with Gasteiger partial charge in [-0.15, -0.1) is 0 Å². The zero-order valence-electron chi connectivity index (χ0n) is 11.6. The van der Waals surface area contributed by atoms with Crippen molar-refractivity contribution in [2.75, 3.05) is 0 Å². The third kappa shape index (κ3) is 3.02. The molecule has 0 amide bonds. The van der Waals surface area contributed by atoms with Gasteiger partial charge in [-0.25, -0.2) is 0 Å². The zero-order chi connectivity index (χ0) is 15.1. The normalized spacial score (nSPS) is 14.8. The molecule has 0 atom stereocenters. The van der Waals surface area contributed by atoms with Gasteiger partial charge in [0.1, 0.15) is 8.07 Å². The van der Waals surface area contributed by atoms with Crippen LogP contribution in [-0.2, 0) is 0 Å². The fourth-order valence-electron chi connectivity index (χ4n) is 1.42. The molecule has 0 saturated heterocycles. The van der Waals surface area contributed by atoms with E-state index in [9.17, 15) is 13.2 Å². The van der Waals surface area contributed by atoms with Gasteiger partial charge in [-0.05, 0) is 17.2 Å². The molecule has 0 aliphatic heterocycles. The van der Waals surface area contributed by atoms with Crippen LogP contribution in [0.3, 0.4) is 0 Å². The summed E-state index contributed by atoms with van der Waals surface area (Å²) in [5, 5.41) is 11.3. The zero-order valence-corrected chi connectivity index (χ0v) is 12.6. The summed E-state index contributed by atoms with van der Waals surface area (Å²) < 4.78 is 43.1. The summed E-state index contributed by atoms with van der Waals surface area (Å²) in [5.74, 6) is -0.449. The van der Waals surface area contributed by atoms with Crippen molar-refractivity contribution < 1.29 is 22.8 Å². The molecule has 0 aromatic carbocycles. The minimum atomic E-state index is -4.74. The average molecular weight is 293 g/mol. The van der Waals surface area contributed by atoms with Crippen molar-refractivity contribution in [3.63, 3.8) is 0 Å². The summed E-state index contributed by atoms with van der Waals surface area (Å²) in [6, 6.07) is 2.75. The second-order valence-electron chi connectivity index (χ2n) is 5.99. The van der Waals surface area contributed by atoms with E-state index in [0.29, 0.717) is 5.38 Å². The lowest BCUT2D eigenvalue weighted by Crippen LogP contribution is -2.48. The van der Waals surface area contributed by atoms with Gasteiger partial charge in [0.05, 0.1) is 5.38 Å². The summed E-state index contributed by atoms with van der Waals surface area (Å²) in [6.07, 6.45) is -4.74. The summed E-state index contributed by atoms with van der Waals surface area (Å²) in [5.41, 5.74) is -1.41. The van der Waals surface area contributed by atoms with Crippen molar-refractivity contribution >= 4 is 19.2 Å². The van der Waals surface area contributed by atoms with Gasteiger partial charge in [0.2, 0.25) is 5.71 Å². The van der Waals surface area contributed by atoms with Crippen LogP contribution in [0.1, 0.15) is 26.5 Å². The Kier molecular flexibility index (Phi) is 3.91. The van der Waals surface area contributed by atoms with E-state index >= 15 is 0 Å². The summed E-state index contributed by atoms with van der Waals surface area (Å²) in [7, 11) is -2.05. The number of furan rings is 1. The summed E-state index contributed by atoms with van der Waals surface area (Å²) in [4.78, 5) is 0. The second-order valence-corrected chi connectivity index (χ2v) is 11.2. The molecule has 1 heterocycles. The average Bonchev–Trinajstić information content (AvgIpc) is 2.64. The maximum absolute atomic E-state index is 12.6. The van der Waals surface area contributed by atoms with Crippen molar-refractivity contribution in [2.24, 2.45) is 5.16 Å². The number of oxime groups is 1. The third-order valence-electron chi connectivity index (χ3n) is 3.70. The van der Waals surface area contributed by atoms with Crippen LogP contribution in [0.2, 0.25) is 18.1 Å². The fraction of sp³-hybridized carbons (Fsp3) is 0.583. The van der Waals surface area contributed by atoms with Crippen LogP contribution in [0.25, 0.3) is 0 Å². The van der Waals surface area contributed by atoms with E-state index in [-0.39, 0.29) is 5.04 Å². The van der Waals surface area contributed by atoms with E-state index in [1.807, 2.05) is 33.9 Å². The van der Waals surface area contributed by atoms with E-state index in [1.54, 1.807) is 6.07 Å². The van der Waals surface area contributed by atoms with Gasteiger partial charge in [0.25, 0.3) is 0 Å². The predicted molar refractivity (Wildman–Crippen MR) is 69.9 cm³/mol. The number of hydrogen-bond donors (Lipinski definition) is 1. The van der Waals surface area contributed by atoms with E-state index in [2.05, 4.69) is 5.16 Å². The van der Waals surface area contributed by atoms with Gasteiger partial charge in [-0.3, -0.25) is 0 Å². The molecule has 7 heteroatoms. The van der Waals surface area contributed by atoms with E-state index in [0.717, 1.165) is 0 Å². The largest absolute Gasteiger partial charge is 0.464 e. The van der Waals surface area contributed by atoms with E-state index < -0.39 is 25.7 Å². The molecule has 1 N–H and O–H groups in total. The number of nitrogens with zero attached hydrogens (tertiary/aromatic N) is 1. The van der Waals surface area contributed by atoms with E-state index in [1.165, 1.54) is 6.07 Å². The Bertz CT molecular complexity index is 484. The Hall–Kier alpha value is -1.24. The second kappa shape index (κ2) is 4.70. The summed E-state index contributed by atoms with van der Waals surface area (Å²) >= 11 is 0. The van der Waals surface area contributed by atoms with Crippen molar-refractivity contribution in [1.82, 2.24) is 0 Å². The predicted octanol–water partition coefficient (Wildman–Crippen LogP) is 3.74. The lowest BCUT2D eigenvalue weighted by Gasteiger charge is -2.34. The third-order valence-corrected chi connectivity index (χ3v) is 8.95. The number of halogens is 3. The monoisotopic (exact) mass is 293 g/mol. The molecule has 0 aliphatic rings. The van der Waals surface area contributed by atoms with Gasteiger partial charge in [0.15, 0.2) is 5.76 Å². The van der Waals surface area contributed by atoms with E-state index in [4.69, 9.17) is 9.62 Å². The Morgan fingerprint density at radius 3 is 2.11 bits per heavy atom. The first-order chi connectivity index (χ1) is 8.41. The SMILES string of the molecule is CC(C)(C)[Si](C)(C)c1ccc(C(=NO)C(F)(F)F)o1. The van der Waals surface area contributed by atoms with Crippen molar-refractivity contribution in [2.45, 2.75) is 45.1 Å². The van der Waals surface area contributed by atoms with Crippen molar-refractivity contribution in [3.8, 4) is 0 Å². The minimum absolute atomic E-state index is 0.0587. The molecule has 0 aliphatic carbocycles. The van der Waals surface area contributed by atoms with Gasteiger partial charge in [0, 0.05) is 0 Å². The van der Waals surface area contributed by atoms with Gasteiger partial charge >= 0.3 is 6.18 Å². The number of hydrogen-bond acceptors (Lipinski definition) is 3. The smallest absolute Gasteiger partial charge is 0.440 e. The van der Waals surface area contributed by atoms with Crippen LogP contribution in [0.15, 0.2) is 21.7 Å². The maximum Gasteiger partial charge on any atom is 0.440 e. The molecule has 0 radical (unpaired) electrons. The van der Waals surface area contributed by atoms with Crippen LogP contribution in [0.4, 0.5) is 13.2 Å². The van der Waals surface area contributed by atoms with Gasteiger partial charge in [-0.1, -0.05) is 39.0 Å². The van der Waals surface area contributed by atoms with Gasteiger partial charge < -0.3 is 9.62 Å². The van der Waals surface area contributed by atoms with Crippen LogP contribution < -0.4 is 5.38 Å². The first kappa shape index (κ1) is 15.8. The Balaban J connectivity index is 3.22.